The van der Waals surface area contributed by atoms with Gasteiger partial charge in [-0.15, -0.1) is 0 Å². The van der Waals surface area contributed by atoms with Gasteiger partial charge >= 0.3 is 0 Å². The third-order valence-corrected chi connectivity index (χ3v) is 8.60. The van der Waals surface area contributed by atoms with Gasteiger partial charge in [-0.25, -0.2) is 8.42 Å². The van der Waals surface area contributed by atoms with E-state index >= 15 is 0 Å². The lowest BCUT2D eigenvalue weighted by molar-refractivity contribution is -0.140. The summed E-state index contributed by atoms with van der Waals surface area (Å²) in [7, 11) is -2.54. The SMILES string of the molecule is CCCCNC(=O)C(CC)N(Cc1cccc(OC)c1)C(=O)CN(c1cc(C)cc(C)c1)S(=O)(=O)c1ccccc1. The molecular weight excluding hydrogens is 538 g/mol. The molecule has 3 aromatic carbocycles. The van der Waals surface area contributed by atoms with Gasteiger partial charge in [-0.05, 0) is 79.8 Å². The molecule has 0 fully saturated rings. The van der Waals surface area contributed by atoms with Crippen LogP contribution in [0.15, 0.2) is 77.7 Å². The lowest BCUT2D eigenvalue weighted by atomic mass is 10.1. The summed E-state index contributed by atoms with van der Waals surface area (Å²) in [4.78, 5) is 29.0. The minimum Gasteiger partial charge on any atom is -0.497 e. The smallest absolute Gasteiger partial charge is 0.264 e. The summed E-state index contributed by atoms with van der Waals surface area (Å²) in [5.41, 5.74) is 2.90. The number of unbranched alkanes of at least 4 members (excludes halogenated alkanes) is 1. The number of aryl methyl sites for hydroxylation is 2. The van der Waals surface area contributed by atoms with Gasteiger partial charge in [-0.2, -0.15) is 0 Å². The number of sulfonamides is 1. The van der Waals surface area contributed by atoms with Crippen molar-refractivity contribution in [2.45, 2.75) is 64.4 Å². The summed E-state index contributed by atoms with van der Waals surface area (Å²) in [6.07, 6.45) is 2.11. The molecule has 8 nitrogen and oxygen atoms in total. The van der Waals surface area contributed by atoms with Gasteiger partial charge in [0.2, 0.25) is 11.8 Å². The number of anilines is 1. The van der Waals surface area contributed by atoms with Crippen molar-refractivity contribution < 1.29 is 22.7 Å². The third-order valence-electron chi connectivity index (χ3n) is 6.81. The van der Waals surface area contributed by atoms with E-state index in [2.05, 4.69) is 5.32 Å². The number of carbonyl (C=O) groups excluding carboxylic acids is 2. The Bertz CT molecular complexity index is 1410. The summed E-state index contributed by atoms with van der Waals surface area (Å²) >= 11 is 0. The van der Waals surface area contributed by atoms with Crippen LogP contribution in [0.4, 0.5) is 5.69 Å². The fraction of sp³-hybridized carbons (Fsp3) is 0.375. The highest BCUT2D eigenvalue weighted by Crippen LogP contribution is 2.27. The largest absolute Gasteiger partial charge is 0.497 e. The first kappa shape index (κ1) is 31.7. The molecule has 0 bridgehead atoms. The molecule has 3 aromatic rings. The van der Waals surface area contributed by atoms with Gasteiger partial charge in [0.15, 0.2) is 0 Å². The average Bonchev–Trinajstić information content (AvgIpc) is 2.95. The molecule has 41 heavy (non-hydrogen) atoms. The van der Waals surface area contributed by atoms with Crippen LogP contribution in [0.25, 0.3) is 0 Å². The first-order valence-electron chi connectivity index (χ1n) is 14.0. The van der Waals surface area contributed by atoms with Gasteiger partial charge in [-0.3, -0.25) is 13.9 Å². The van der Waals surface area contributed by atoms with E-state index < -0.39 is 28.5 Å². The Kier molecular flexibility index (Phi) is 11.3. The molecule has 0 saturated carbocycles. The number of carbonyl (C=O) groups is 2. The van der Waals surface area contributed by atoms with Gasteiger partial charge < -0.3 is 15.0 Å². The Morgan fingerprint density at radius 3 is 2.22 bits per heavy atom. The van der Waals surface area contributed by atoms with Crippen molar-refractivity contribution in [1.82, 2.24) is 10.2 Å². The van der Waals surface area contributed by atoms with E-state index in [-0.39, 0.29) is 17.3 Å². The summed E-state index contributed by atoms with van der Waals surface area (Å²) in [5.74, 6) is -0.121. The zero-order valence-electron chi connectivity index (χ0n) is 24.6. The van der Waals surface area contributed by atoms with Gasteiger partial charge in [0, 0.05) is 13.1 Å². The van der Waals surface area contributed by atoms with Crippen molar-refractivity contribution in [3.63, 3.8) is 0 Å². The van der Waals surface area contributed by atoms with Crippen molar-refractivity contribution >= 4 is 27.5 Å². The topological polar surface area (TPSA) is 96.0 Å². The Morgan fingerprint density at radius 1 is 0.927 bits per heavy atom. The van der Waals surface area contributed by atoms with Gasteiger partial charge in [0.25, 0.3) is 10.0 Å². The maximum Gasteiger partial charge on any atom is 0.264 e. The number of benzene rings is 3. The average molecular weight is 580 g/mol. The second-order valence-electron chi connectivity index (χ2n) is 10.1. The van der Waals surface area contributed by atoms with Crippen molar-refractivity contribution in [1.29, 1.82) is 0 Å². The predicted molar refractivity (Wildman–Crippen MR) is 162 cm³/mol. The number of methoxy groups -OCH3 is 1. The first-order valence-corrected chi connectivity index (χ1v) is 15.4. The fourth-order valence-electron chi connectivity index (χ4n) is 4.74. The Labute approximate surface area is 244 Å². The van der Waals surface area contributed by atoms with Crippen LogP contribution < -0.4 is 14.4 Å². The quantitative estimate of drug-likeness (QED) is 0.264. The summed E-state index contributed by atoms with van der Waals surface area (Å²) < 4.78 is 34.4. The molecule has 1 unspecified atom stereocenters. The lowest BCUT2D eigenvalue weighted by Gasteiger charge is -2.33. The van der Waals surface area contributed by atoms with Crippen molar-refractivity contribution in [3.05, 3.63) is 89.5 Å². The van der Waals surface area contributed by atoms with Crippen molar-refractivity contribution in [2.24, 2.45) is 0 Å². The molecule has 220 valence electrons. The van der Waals surface area contributed by atoms with E-state index in [1.165, 1.54) is 17.0 Å². The Hall–Kier alpha value is -3.85. The monoisotopic (exact) mass is 579 g/mol. The first-order chi connectivity index (χ1) is 19.6. The van der Waals surface area contributed by atoms with E-state index in [9.17, 15) is 18.0 Å². The maximum atomic E-state index is 14.2. The molecule has 0 radical (unpaired) electrons. The van der Waals surface area contributed by atoms with Crippen LogP contribution >= 0.6 is 0 Å². The second kappa shape index (κ2) is 14.7. The summed E-state index contributed by atoms with van der Waals surface area (Å²) in [5, 5.41) is 2.94. The molecule has 0 aromatic heterocycles. The number of hydrogen-bond acceptors (Lipinski definition) is 5. The lowest BCUT2D eigenvalue weighted by Crippen LogP contribution is -2.52. The van der Waals surface area contributed by atoms with E-state index in [1.54, 1.807) is 43.5 Å². The van der Waals surface area contributed by atoms with Crippen LogP contribution in [0.5, 0.6) is 5.75 Å². The molecule has 0 aliphatic carbocycles. The summed E-state index contributed by atoms with van der Waals surface area (Å²) in [6, 6.07) is 20.0. The number of hydrogen-bond donors (Lipinski definition) is 1. The zero-order valence-corrected chi connectivity index (χ0v) is 25.4. The molecule has 3 rings (SSSR count). The van der Waals surface area contributed by atoms with Gasteiger partial charge in [0.1, 0.15) is 18.3 Å². The van der Waals surface area contributed by atoms with Crippen LogP contribution in [0, 0.1) is 13.8 Å². The standard InChI is InChI=1S/C32H41N3O5S/c1-6-8-17-33-32(37)30(7-2)34(22-26-13-12-14-28(21-26)40-5)31(36)23-35(27-19-24(3)18-25(4)20-27)41(38,39)29-15-10-9-11-16-29/h9-16,18-21,30H,6-8,17,22-23H2,1-5H3,(H,33,37). The molecule has 0 spiro atoms. The maximum absolute atomic E-state index is 14.2. The molecule has 1 atom stereocenters. The normalized spacial score (nSPS) is 11.9. The van der Waals surface area contributed by atoms with Gasteiger partial charge in [-0.1, -0.05) is 56.7 Å². The Balaban J connectivity index is 2.06. The van der Waals surface area contributed by atoms with Crippen LogP contribution in [-0.4, -0.2) is 51.4 Å². The second-order valence-corrected chi connectivity index (χ2v) is 12.0. The molecular formula is C32H41N3O5S. The zero-order chi connectivity index (χ0) is 30.0. The number of amides is 2. The molecule has 1 N–H and O–H groups in total. The van der Waals surface area contributed by atoms with Crippen molar-refractivity contribution in [3.8, 4) is 5.75 Å². The van der Waals surface area contributed by atoms with Crippen LogP contribution in [0.1, 0.15) is 49.8 Å². The molecule has 2 amide bonds. The molecule has 0 aliphatic heterocycles. The molecule has 0 saturated heterocycles. The molecule has 0 aliphatic rings. The minimum atomic E-state index is -4.10. The van der Waals surface area contributed by atoms with E-state index in [1.807, 2.05) is 52.0 Å². The Morgan fingerprint density at radius 2 is 1.61 bits per heavy atom. The summed E-state index contributed by atoms with van der Waals surface area (Å²) in [6.45, 7) is 7.80. The number of nitrogens with one attached hydrogen (secondary N) is 1. The van der Waals surface area contributed by atoms with Gasteiger partial charge in [0.05, 0.1) is 17.7 Å². The molecule has 0 heterocycles. The fourth-order valence-corrected chi connectivity index (χ4v) is 6.16. The number of nitrogens with zero attached hydrogens (tertiary/aromatic N) is 2. The van der Waals surface area contributed by atoms with E-state index in [0.29, 0.717) is 24.4 Å². The number of ether oxygens (including phenoxy) is 1. The highest BCUT2D eigenvalue weighted by Gasteiger charge is 2.33. The highest BCUT2D eigenvalue weighted by molar-refractivity contribution is 7.92. The molecule has 9 heteroatoms. The van der Waals surface area contributed by atoms with Crippen molar-refractivity contribution in [2.75, 3.05) is 24.5 Å². The highest BCUT2D eigenvalue weighted by atomic mass is 32.2. The number of rotatable bonds is 14. The van der Waals surface area contributed by atoms with Crippen LogP contribution in [0.3, 0.4) is 0 Å². The predicted octanol–water partition coefficient (Wildman–Crippen LogP) is 5.23. The van der Waals surface area contributed by atoms with E-state index in [0.717, 1.165) is 33.8 Å². The third kappa shape index (κ3) is 8.33. The minimum absolute atomic E-state index is 0.0793. The van der Waals surface area contributed by atoms with E-state index in [4.69, 9.17) is 4.74 Å². The van der Waals surface area contributed by atoms with Crippen LogP contribution in [0.2, 0.25) is 0 Å². The van der Waals surface area contributed by atoms with Crippen LogP contribution in [-0.2, 0) is 26.2 Å².